The van der Waals surface area contributed by atoms with Gasteiger partial charge in [-0.15, -0.1) is 11.8 Å². The summed E-state index contributed by atoms with van der Waals surface area (Å²) in [6.45, 7) is 1.25. The standard InChI is InChI=1S/C27H28N4O12S2/c1-16(43-45(2,39)40)23-21-13-22(44-12-11-28-27(34)42-15-18-5-9-20(10-6-18)31(37)38)24(29(21)25(23)32)26(33)41-14-17-3-7-19(8-4-17)30(35)36/h3-10,16,21,23H,11-15H2,1-2H3,(H,28,34)/t16-,21-,23-/m1/s1. The van der Waals surface area contributed by atoms with Gasteiger partial charge in [0.25, 0.3) is 21.5 Å². The fourth-order valence-electron chi connectivity index (χ4n) is 4.84. The molecule has 1 fully saturated rings. The highest BCUT2D eigenvalue weighted by molar-refractivity contribution is 8.03. The molecule has 2 aromatic rings. The monoisotopic (exact) mass is 664 g/mol. The van der Waals surface area contributed by atoms with Gasteiger partial charge in [0, 0.05) is 47.9 Å². The van der Waals surface area contributed by atoms with E-state index in [0.29, 0.717) is 16.0 Å². The second-order valence-electron chi connectivity index (χ2n) is 10.1. The molecule has 1 saturated heterocycles. The number of nitro groups is 2. The summed E-state index contributed by atoms with van der Waals surface area (Å²) < 4.78 is 38.9. The highest BCUT2D eigenvalue weighted by atomic mass is 32.2. The third-order valence-electron chi connectivity index (χ3n) is 6.88. The first-order valence-electron chi connectivity index (χ1n) is 13.4. The molecule has 45 heavy (non-hydrogen) atoms. The zero-order chi connectivity index (χ0) is 32.9. The molecule has 240 valence electrons. The molecule has 0 radical (unpaired) electrons. The smallest absolute Gasteiger partial charge is 0.407 e. The Kier molecular flexibility index (Phi) is 10.4. The van der Waals surface area contributed by atoms with E-state index in [9.17, 15) is 43.0 Å². The Hall–Kier alpha value is -4.55. The fraction of sp³-hybridized carbons (Fsp3) is 0.370. The first kappa shape index (κ1) is 33.3. The molecule has 2 aliphatic heterocycles. The number of nitro benzene ring substituents is 2. The average Bonchev–Trinajstić information content (AvgIpc) is 3.30. The van der Waals surface area contributed by atoms with Crippen LogP contribution in [0.3, 0.4) is 0 Å². The van der Waals surface area contributed by atoms with Crippen molar-refractivity contribution < 1.29 is 46.3 Å². The minimum atomic E-state index is -3.84. The first-order chi connectivity index (χ1) is 21.2. The maximum Gasteiger partial charge on any atom is 0.407 e. The highest BCUT2D eigenvalue weighted by Crippen LogP contribution is 2.48. The molecule has 1 N–H and O–H groups in total. The van der Waals surface area contributed by atoms with E-state index >= 15 is 0 Å². The minimum absolute atomic E-state index is 0.000430. The summed E-state index contributed by atoms with van der Waals surface area (Å²) in [6.07, 6.45) is -0.597. The van der Waals surface area contributed by atoms with Gasteiger partial charge in [-0.05, 0) is 42.3 Å². The van der Waals surface area contributed by atoms with Crippen LogP contribution in [-0.4, -0.2) is 71.8 Å². The summed E-state index contributed by atoms with van der Waals surface area (Å²) in [6, 6.07) is 10.4. The van der Waals surface area contributed by atoms with E-state index < -0.39 is 56.0 Å². The third-order valence-corrected chi connectivity index (χ3v) is 8.65. The molecule has 0 bridgehead atoms. The zero-order valence-corrected chi connectivity index (χ0v) is 25.6. The van der Waals surface area contributed by atoms with Crippen molar-refractivity contribution in [2.45, 2.75) is 38.7 Å². The summed E-state index contributed by atoms with van der Waals surface area (Å²) in [4.78, 5) is 60.8. The predicted octanol–water partition coefficient (Wildman–Crippen LogP) is 3.01. The fourth-order valence-corrected chi connectivity index (χ4v) is 6.57. The van der Waals surface area contributed by atoms with Crippen LogP contribution in [0.1, 0.15) is 24.5 Å². The van der Waals surface area contributed by atoms with Crippen molar-refractivity contribution in [1.29, 1.82) is 0 Å². The Bertz CT molecular complexity index is 1630. The maximum absolute atomic E-state index is 13.2. The van der Waals surface area contributed by atoms with Gasteiger partial charge in [-0.25, -0.2) is 9.59 Å². The number of carbonyl (C=O) groups is 3. The third kappa shape index (κ3) is 8.34. The largest absolute Gasteiger partial charge is 0.456 e. The molecule has 2 aliphatic rings. The Morgan fingerprint density at radius 1 is 1.00 bits per heavy atom. The molecule has 2 aromatic carbocycles. The highest BCUT2D eigenvalue weighted by Gasteiger charge is 2.58. The number of amides is 2. The topological polar surface area (TPSA) is 215 Å². The van der Waals surface area contributed by atoms with Gasteiger partial charge in [-0.3, -0.25) is 29.2 Å². The summed E-state index contributed by atoms with van der Waals surface area (Å²) in [5.74, 6) is -1.85. The van der Waals surface area contributed by atoms with Crippen LogP contribution in [0.2, 0.25) is 0 Å². The number of hydrogen-bond acceptors (Lipinski definition) is 13. The lowest BCUT2D eigenvalue weighted by Crippen LogP contribution is -2.62. The van der Waals surface area contributed by atoms with Crippen LogP contribution in [0.4, 0.5) is 16.2 Å². The van der Waals surface area contributed by atoms with E-state index in [4.69, 9.17) is 13.7 Å². The number of esters is 1. The van der Waals surface area contributed by atoms with E-state index in [-0.39, 0.29) is 49.0 Å². The van der Waals surface area contributed by atoms with Crippen molar-refractivity contribution >= 4 is 51.2 Å². The summed E-state index contributed by atoms with van der Waals surface area (Å²) in [5.41, 5.74) is 0.817. The van der Waals surface area contributed by atoms with Gasteiger partial charge >= 0.3 is 12.1 Å². The van der Waals surface area contributed by atoms with Gasteiger partial charge in [-0.1, -0.05) is 0 Å². The second kappa shape index (κ2) is 14.0. The number of fused-ring (bicyclic) bond motifs is 1. The number of hydrogen-bond donors (Lipinski definition) is 1. The van der Waals surface area contributed by atoms with Crippen LogP contribution in [0.5, 0.6) is 0 Å². The van der Waals surface area contributed by atoms with Crippen LogP contribution in [0.25, 0.3) is 0 Å². The summed E-state index contributed by atoms with van der Waals surface area (Å²) >= 11 is 1.20. The van der Waals surface area contributed by atoms with Crippen molar-refractivity contribution in [3.8, 4) is 0 Å². The number of benzene rings is 2. The SMILES string of the molecule is C[C@@H](OS(C)(=O)=O)[C@H]1C(=O)N2C(C(=O)OCc3ccc([N+](=O)[O-])cc3)=C(SCCNC(=O)OCc3ccc([N+](=O)[O-])cc3)C[C@H]12. The van der Waals surface area contributed by atoms with Crippen LogP contribution in [-0.2, 0) is 46.6 Å². The lowest BCUT2D eigenvalue weighted by Gasteiger charge is -2.45. The van der Waals surface area contributed by atoms with Gasteiger partial charge in [-0.2, -0.15) is 8.42 Å². The van der Waals surface area contributed by atoms with Gasteiger partial charge < -0.3 is 19.7 Å². The Morgan fingerprint density at radius 2 is 1.53 bits per heavy atom. The van der Waals surface area contributed by atoms with Gasteiger partial charge in [0.05, 0.1) is 34.2 Å². The van der Waals surface area contributed by atoms with Gasteiger partial charge in [0.2, 0.25) is 5.91 Å². The number of ether oxygens (including phenoxy) is 2. The molecule has 0 spiro atoms. The average molecular weight is 665 g/mol. The van der Waals surface area contributed by atoms with E-state index in [0.717, 1.165) is 6.26 Å². The molecule has 4 rings (SSSR count). The van der Waals surface area contributed by atoms with Gasteiger partial charge in [0.1, 0.15) is 18.9 Å². The molecule has 0 aromatic heterocycles. The molecule has 18 heteroatoms. The van der Waals surface area contributed by atoms with Crippen molar-refractivity contribution in [3.63, 3.8) is 0 Å². The number of carbonyl (C=O) groups excluding carboxylic acids is 3. The van der Waals surface area contributed by atoms with Crippen molar-refractivity contribution in [1.82, 2.24) is 10.2 Å². The van der Waals surface area contributed by atoms with Crippen molar-refractivity contribution in [2.75, 3.05) is 18.6 Å². The van der Waals surface area contributed by atoms with Crippen LogP contribution < -0.4 is 5.32 Å². The zero-order valence-electron chi connectivity index (χ0n) is 23.9. The molecule has 3 atom stereocenters. The molecule has 2 heterocycles. The van der Waals surface area contributed by atoms with E-state index in [2.05, 4.69) is 5.32 Å². The Morgan fingerprint density at radius 3 is 2.04 bits per heavy atom. The number of rotatable bonds is 14. The van der Waals surface area contributed by atoms with Crippen LogP contribution in [0.15, 0.2) is 59.1 Å². The molecule has 0 unspecified atom stereocenters. The van der Waals surface area contributed by atoms with E-state index in [1.807, 2.05) is 0 Å². The van der Waals surface area contributed by atoms with E-state index in [1.165, 1.54) is 72.1 Å². The van der Waals surface area contributed by atoms with Crippen molar-refractivity contribution in [2.24, 2.45) is 5.92 Å². The Labute approximate surface area is 261 Å². The number of thioether (sulfide) groups is 1. The molecule has 2 amide bonds. The number of β-lactam (4-membered cyclic amide) rings is 1. The quantitative estimate of drug-likeness (QED) is 0.0768. The van der Waals surface area contributed by atoms with Crippen LogP contribution in [0, 0.1) is 26.1 Å². The molecular formula is C27H28N4O12S2. The lowest BCUT2D eigenvalue weighted by molar-refractivity contribution is -0.385. The van der Waals surface area contributed by atoms with Crippen molar-refractivity contribution in [3.05, 3.63) is 90.5 Å². The van der Waals surface area contributed by atoms with Gasteiger partial charge in [0.15, 0.2) is 0 Å². The number of nitrogens with zero attached hydrogens (tertiary/aromatic N) is 3. The summed E-state index contributed by atoms with van der Waals surface area (Å²) in [7, 11) is -3.84. The van der Waals surface area contributed by atoms with E-state index in [1.54, 1.807) is 0 Å². The molecule has 0 aliphatic carbocycles. The number of alkyl carbamates (subject to hydrolysis) is 1. The molecular weight excluding hydrogens is 636 g/mol. The second-order valence-corrected chi connectivity index (χ2v) is 12.8. The molecule has 0 saturated carbocycles. The predicted molar refractivity (Wildman–Crippen MR) is 158 cm³/mol. The lowest BCUT2D eigenvalue weighted by atomic mass is 9.83. The first-order valence-corrected chi connectivity index (χ1v) is 16.2. The van der Waals surface area contributed by atoms with Crippen LogP contribution >= 0.6 is 11.8 Å². The number of non-ortho nitro benzene ring substituents is 2. The number of nitrogens with one attached hydrogen (secondary N) is 1. The molecule has 16 nitrogen and oxygen atoms in total. The summed E-state index contributed by atoms with van der Waals surface area (Å²) in [5, 5.41) is 24.2. The Balaban J connectivity index is 1.37. The minimum Gasteiger partial charge on any atom is -0.456 e. The normalized spacial score (nSPS) is 18.1. The maximum atomic E-state index is 13.2.